The van der Waals surface area contributed by atoms with Gasteiger partial charge in [0.1, 0.15) is 11.7 Å². The Labute approximate surface area is 168 Å². The van der Waals surface area contributed by atoms with E-state index >= 15 is 0 Å². The molecular formula is C21H26N2O6. The van der Waals surface area contributed by atoms with E-state index in [1.54, 1.807) is 12.1 Å². The molecule has 1 spiro atoms. The molecule has 2 aliphatic rings. The third-order valence-electron chi connectivity index (χ3n) is 6.22. The lowest BCUT2D eigenvalue weighted by Crippen LogP contribution is -2.69. The van der Waals surface area contributed by atoms with Crippen LogP contribution in [-0.2, 0) is 9.53 Å². The predicted molar refractivity (Wildman–Crippen MR) is 105 cm³/mol. The number of amides is 1. The van der Waals surface area contributed by atoms with Gasteiger partial charge < -0.3 is 24.7 Å². The number of ether oxygens (including phenoxy) is 1. The molecule has 156 valence electrons. The SMILES string of the molecule is C[C@]1(NC(=O)c2cc3ccccc3o2)CCOC2(CCN(CC(=O)O)CC2)[C@@H]1O. The van der Waals surface area contributed by atoms with E-state index in [2.05, 4.69) is 5.32 Å². The number of likely N-dealkylation sites (tertiary alicyclic amines) is 1. The van der Waals surface area contributed by atoms with E-state index in [-0.39, 0.29) is 18.2 Å². The number of aliphatic carboxylic acids is 1. The van der Waals surface area contributed by atoms with Gasteiger partial charge in [-0.05, 0) is 38.3 Å². The number of carbonyl (C=O) groups is 2. The highest BCUT2D eigenvalue weighted by Crippen LogP contribution is 2.40. The number of carbonyl (C=O) groups excluding carboxylic acids is 1. The number of nitrogens with zero attached hydrogens (tertiary/aromatic N) is 1. The number of para-hydroxylation sites is 1. The molecule has 29 heavy (non-hydrogen) atoms. The summed E-state index contributed by atoms with van der Waals surface area (Å²) >= 11 is 0. The van der Waals surface area contributed by atoms with Gasteiger partial charge in [0.05, 0.1) is 17.7 Å². The van der Waals surface area contributed by atoms with E-state index < -0.39 is 23.2 Å². The lowest BCUT2D eigenvalue weighted by atomic mass is 9.73. The summed E-state index contributed by atoms with van der Waals surface area (Å²) in [6.45, 7) is 3.26. The summed E-state index contributed by atoms with van der Waals surface area (Å²) in [6, 6.07) is 9.10. The molecule has 0 saturated carbocycles. The van der Waals surface area contributed by atoms with Crippen LogP contribution in [0.1, 0.15) is 36.7 Å². The Kier molecular flexibility index (Phi) is 5.10. The first-order chi connectivity index (χ1) is 13.8. The fourth-order valence-electron chi connectivity index (χ4n) is 4.51. The molecule has 8 nitrogen and oxygen atoms in total. The maximum Gasteiger partial charge on any atom is 0.317 e. The molecule has 2 atom stereocenters. The molecule has 1 aromatic heterocycles. The molecule has 0 radical (unpaired) electrons. The molecule has 0 bridgehead atoms. The summed E-state index contributed by atoms with van der Waals surface area (Å²) in [6.07, 6.45) is 0.583. The second-order valence-electron chi connectivity index (χ2n) is 8.26. The second-order valence-corrected chi connectivity index (χ2v) is 8.26. The van der Waals surface area contributed by atoms with Gasteiger partial charge in [-0.3, -0.25) is 14.5 Å². The minimum Gasteiger partial charge on any atom is -0.480 e. The van der Waals surface area contributed by atoms with Gasteiger partial charge in [0.25, 0.3) is 5.91 Å². The quantitative estimate of drug-likeness (QED) is 0.712. The van der Waals surface area contributed by atoms with Crippen molar-refractivity contribution in [3.8, 4) is 0 Å². The van der Waals surface area contributed by atoms with E-state index in [9.17, 15) is 14.7 Å². The first-order valence-corrected chi connectivity index (χ1v) is 9.89. The average Bonchev–Trinajstić information content (AvgIpc) is 3.12. The Bertz CT molecular complexity index is 884. The Morgan fingerprint density at radius 3 is 2.66 bits per heavy atom. The summed E-state index contributed by atoms with van der Waals surface area (Å²) in [5, 5.41) is 24.0. The fourth-order valence-corrected chi connectivity index (χ4v) is 4.51. The van der Waals surface area contributed by atoms with Crippen LogP contribution in [0, 0.1) is 0 Å². The molecule has 1 aromatic carbocycles. The van der Waals surface area contributed by atoms with Crippen LogP contribution in [0.15, 0.2) is 34.7 Å². The van der Waals surface area contributed by atoms with Gasteiger partial charge in [-0.25, -0.2) is 0 Å². The number of nitrogens with one attached hydrogen (secondary N) is 1. The molecule has 2 aromatic rings. The standard InChI is InChI=1S/C21H26N2O6/c1-20(22-18(26)16-12-14-4-2-3-5-15(14)29-16)8-11-28-21(19(20)27)6-9-23(10-7-21)13-17(24)25/h2-5,12,19,27H,6-11,13H2,1H3,(H,22,26)(H,24,25)/t19-,20+/m1/s1. The van der Waals surface area contributed by atoms with Crippen molar-refractivity contribution in [3.63, 3.8) is 0 Å². The average molecular weight is 402 g/mol. The minimum atomic E-state index is -0.913. The van der Waals surface area contributed by atoms with Crippen LogP contribution in [0.2, 0.25) is 0 Å². The van der Waals surface area contributed by atoms with Crippen LogP contribution < -0.4 is 5.32 Å². The first-order valence-electron chi connectivity index (χ1n) is 9.89. The van der Waals surface area contributed by atoms with E-state index in [0.29, 0.717) is 44.5 Å². The summed E-state index contributed by atoms with van der Waals surface area (Å²) in [7, 11) is 0. The number of benzene rings is 1. The van der Waals surface area contributed by atoms with Gasteiger partial charge in [-0.2, -0.15) is 0 Å². The Morgan fingerprint density at radius 1 is 1.24 bits per heavy atom. The van der Waals surface area contributed by atoms with Crippen molar-refractivity contribution >= 4 is 22.8 Å². The van der Waals surface area contributed by atoms with Crippen molar-refractivity contribution in [3.05, 3.63) is 36.1 Å². The highest BCUT2D eigenvalue weighted by Gasteiger charge is 2.54. The highest BCUT2D eigenvalue weighted by atomic mass is 16.5. The number of rotatable bonds is 4. The molecule has 2 fully saturated rings. The van der Waals surface area contributed by atoms with Gasteiger partial charge >= 0.3 is 5.97 Å². The number of furan rings is 1. The van der Waals surface area contributed by atoms with Gasteiger partial charge in [-0.1, -0.05) is 18.2 Å². The number of hydrogen-bond donors (Lipinski definition) is 3. The van der Waals surface area contributed by atoms with Crippen molar-refractivity contribution in [1.82, 2.24) is 10.2 Å². The largest absolute Gasteiger partial charge is 0.480 e. The zero-order valence-corrected chi connectivity index (χ0v) is 16.4. The van der Waals surface area contributed by atoms with Crippen LogP contribution in [0.5, 0.6) is 0 Å². The van der Waals surface area contributed by atoms with E-state index in [1.165, 1.54) is 0 Å². The number of aliphatic hydroxyl groups excluding tert-OH is 1. The maximum atomic E-state index is 12.8. The first kappa shape index (κ1) is 19.9. The monoisotopic (exact) mass is 402 g/mol. The third kappa shape index (κ3) is 3.75. The maximum absolute atomic E-state index is 12.8. The van der Waals surface area contributed by atoms with E-state index in [0.717, 1.165) is 5.39 Å². The highest BCUT2D eigenvalue weighted by molar-refractivity contribution is 5.96. The molecule has 0 aliphatic carbocycles. The molecule has 3 N–H and O–H groups in total. The van der Waals surface area contributed by atoms with Gasteiger partial charge in [0.2, 0.25) is 0 Å². The molecule has 0 unspecified atom stereocenters. The van der Waals surface area contributed by atoms with Crippen LogP contribution in [0.4, 0.5) is 0 Å². The molecule has 1 amide bonds. The molecule has 2 saturated heterocycles. The number of piperidine rings is 1. The van der Waals surface area contributed by atoms with Crippen LogP contribution in [0.25, 0.3) is 11.0 Å². The van der Waals surface area contributed by atoms with Crippen molar-refractivity contribution in [2.75, 3.05) is 26.2 Å². The number of carboxylic acid groups (broad SMARTS) is 1. The smallest absolute Gasteiger partial charge is 0.317 e. The molecule has 8 heteroatoms. The van der Waals surface area contributed by atoms with Crippen molar-refractivity contribution in [2.45, 2.75) is 43.4 Å². The van der Waals surface area contributed by atoms with Gasteiger partial charge in [-0.15, -0.1) is 0 Å². The van der Waals surface area contributed by atoms with Crippen LogP contribution >= 0.6 is 0 Å². The van der Waals surface area contributed by atoms with E-state index in [4.69, 9.17) is 14.3 Å². The minimum absolute atomic E-state index is 0.0216. The lowest BCUT2D eigenvalue weighted by molar-refractivity contribution is -0.206. The normalized spacial score (nSPS) is 27.2. The zero-order chi connectivity index (χ0) is 20.6. The van der Waals surface area contributed by atoms with Crippen LogP contribution in [0.3, 0.4) is 0 Å². The summed E-state index contributed by atoms with van der Waals surface area (Å²) in [5.41, 5.74) is -1.02. The summed E-state index contributed by atoms with van der Waals surface area (Å²) in [5.74, 6) is -1.03. The molecular weight excluding hydrogens is 376 g/mol. The van der Waals surface area contributed by atoms with Gasteiger partial charge in [0, 0.05) is 25.1 Å². The van der Waals surface area contributed by atoms with Crippen molar-refractivity contribution in [2.24, 2.45) is 0 Å². The predicted octanol–water partition coefficient (Wildman–Crippen LogP) is 1.62. The van der Waals surface area contributed by atoms with Crippen molar-refractivity contribution < 1.29 is 29.0 Å². The zero-order valence-electron chi connectivity index (χ0n) is 16.4. The molecule has 3 heterocycles. The molecule has 2 aliphatic heterocycles. The number of aliphatic hydroxyl groups is 1. The van der Waals surface area contributed by atoms with E-state index in [1.807, 2.05) is 30.0 Å². The third-order valence-corrected chi connectivity index (χ3v) is 6.22. The summed E-state index contributed by atoms with van der Waals surface area (Å²) < 4.78 is 11.7. The Balaban J connectivity index is 1.48. The Hall–Kier alpha value is -2.42. The van der Waals surface area contributed by atoms with Crippen LogP contribution in [-0.4, -0.2) is 70.5 Å². The van der Waals surface area contributed by atoms with Gasteiger partial charge in [0.15, 0.2) is 5.76 Å². The lowest BCUT2D eigenvalue weighted by Gasteiger charge is -2.53. The fraction of sp³-hybridized carbons (Fsp3) is 0.524. The van der Waals surface area contributed by atoms with Crippen molar-refractivity contribution in [1.29, 1.82) is 0 Å². The Morgan fingerprint density at radius 2 is 1.97 bits per heavy atom. The summed E-state index contributed by atoms with van der Waals surface area (Å²) in [4.78, 5) is 25.6. The second kappa shape index (κ2) is 7.44. The number of carboxylic acids is 1. The topological polar surface area (TPSA) is 112 Å². The number of hydrogen-bond acceptors (Lipinski definition) is 6. The molecule has 4 rings (SSSR count). The number of fused-ring (bicyclic) bond motifs is 1.